The first kappa shape index (κ1) is 6.41. The molecule has 0 heterocycles. The fraction of sp³-hybridized carbons (Fsp3) is 0.250. The van der Waals surface area contributed by atoms with E-state index in [2.05, 4.69) is 4.74 Å². The predicted octanol–water partition coefficient (Wildman–Crippen LogP) is 1.70. The second-order valence-corrected chi connectivity index (χ2v) is 1.26. The molecule has 38 valence electrons. The van der Waals surface area contributed by atoms with E-state index in [9.17, 15) is 4.79 Å². The Bertz CT molecular complexity index is 85.9. The van der Waals surface area contributed by atoms with Crippen LogP contribution in [0.25, 0.3) is 0 Å². The molecule has 0 unspecified atom stereocenters. The standard InChI is InChI=1S/C4H4ClO2/c1-3(2)7-4(5)6/h1H,2H3/q+1. The molecule has 0 N–H and O–H groups in total. The molecule has 0 radical (unpaired) electrons. The van der Waals surface area contributed by atoms with Crippen LogP contribution in [0.3, 0.4) is 0 Å². The van der Waals surface area contributed by atoms with Crippen molar-refractivity contribution in [3.63, 3.8) is 0 Å². The monoisotopic (exact) mass is 119 g/mol. The average molecular weight is 120 g/mol. The Hall–Kier alpha value is -0.590. The molecule has 3 heteroatoms. The number of ether oxygens (including phenoxy) is 1. The molecular formula is C4H4ClO2+. The van der Waals surface area contributed by atoms with Gasteiger partial charge in [0.05, 0.1) is 0 Å². The van der Waals surface area contributed by atoms with Crippen LogP contribution in [0, 0.1) is 6.58 Å². The predicted molar refractivity (Wildman–Crippen MR) is 25.8 cm³/mol. The van der Waals surface area contributed by atoms with Crippen LogP contribution < -0.4 is 0 Å². The lowest BCUT2D eigenvalue weighted by molar-refractivity contribution is 0.203. The van der Waals surface area contributed by atoms with E-state index < -0.39 is 5.43 Å². The summed E-state index contributed by atoms with van der Waals surface area (Å²) < 4.78 is 4.07. The Morgan fingerprint density at radius 1 is 1.86 bits per heavy atom. The van der Waals surface area contributed by atoms with E-state index in [-0.39, 0.29) is 5.76 Å². The van der Waals surface area contributed by atoms with Crippen LogP contribution in [-0.2, 0) is 4.74 Å². The molecule has 7 heavy (non-hydrogen) atoms. The van der Waals surface area contributed by atoms with Gasteiger partial charge in [0.1, 0.15) is 0 Å². The third kappa shape index (κ3) is 5.41. The molecular weight excluding hydrogens is 115 g/mol. The highest BCUT2D eigenvalue weighted by atomic mass is 35.5. The van der Waals surface area contributed by atoms with Gasteiger partial charge in [-0.2, -0.15) is 0 Å². The van der Waals surface area contributed by atoms with Gasteiger partial charge in [-0.1, -0.05) is 0 Å². The number of rotatable bonds is 1. The van der Waals surface area contributed by atoms with Gasteiger partial charge in [0.25, 0.3) is 6.58 Å². The minimum atomic E-state index is -0.903. The highest BCUT2D eigenvalue weighted by Gasteiger charge is 1.99. The van der Waals surface area contributed by atoms with Crippen molar-refractivity contribution in [1.29, 1.82) is 0 Å². The van der Waals surface area contributed by atoms with Crippen molar-refractivity contribution in [2.45, 2.75) is 6.92 Å². The molecule has 0 bridgehead atoms. The summed E-state index contributed by atoms with van der Waals surface area (Å²) in [5.74, 6) is 0.0556. The van der Waals surface area contributed by atoms with E-state index in [1.54, 1.807) is 0 Å². The summed E-state index contributed by atoms with van der Waals surface area (Å²) in [7, 11) is 0. The van der Waals surface area contributed by atoms with Crippen LogP contribution in [0.2, 0.25) is 0 Å². The van der Waals surface area contributed by atoms with Crippen LogP contribution in [-0.4, -0.2) is 5.43 Å². The van der Waals surface area contributed by atoms with Gasteiger partial charge in [-0.25, -0.2) is 4.79 Å². The van der Waals surface area contributed by atoms with Gasteiger partial charge in [-0.15, -0.1) is 0 Å². The lowest BCUT2D eigenvalue weighted by Gasteiger charge is -1.82. The lowest BCUT2D eigenvalue weighted by atomic mass is 10.7. The van der Waals surface area contributed by atoms with Crippen LogP contribution in [0.1, 0.15) is 6.92 Å². The first-order chi connectivity index (χ1) is 3.13. The lowest BCUT2D eigenvalue weighted by Crippen LogP contribution is -1.87. The SMILES string of the molecule is [CH+]=C(C)OC(=O)Cl. The fourth-order valence-corrected chi connectivity index (χ4v) is 0.248. The summed E-state index contributed by atoms with van der Waals surface area (Å²) in [6.45, 7) is 6.31. The largest absolute Gasteiger partial charge is 0.412 e. The minimum absolute atomic E-state index is 0.0556. The zero-order valence-electron chi connectivity index (χ0n) is 3.77. The quantitative estimate of drug-likeness (QED) is 0.298. The number of halogens is 1. The Morgan fingerprint density at radius 2 is 2.29 bits per heavy atom. The van der Waals surface area contributed by atoms with Crippen molar-refractivity contribution in [2.75, 3.05) is 0 Å². The molecule has 0 aliphatic carbocycles. The molecule has 0 aliphatic rings. The van der Waals surface area contributed by atoms with Crippen LogP contribution in [0.15, 0.2) is 5.76 Å². The highest BCUT2D eigenvalue weighted by molar-refractivity contribution is 6.61. The first-order valence-electron chi connectivity index (χ1n) is 1.59. The Morgan fingerprint density at radius 3 is 2.29 bits per heavy atom. The second-order valence-electron chi connectivity index (χ2n) is 0.950. The molecule has 0 saturated heterocycles. The van der Waals surface area contributed by atoms with E-state index in [0.717, 1.165) is 0 Å². The molecule has 2 nitrogen and oxygen atoms in total. The maximum absolute atomic E-state index is 9.70. The maximum Gasteiger partial charge on any atom is 0.412 e. The Labute approximate surface area is 46.7 Å². The molecule has 0 aromatic carbocycles. The van der Waals surface area contributed by atoms with Gasteiger partial charge < -0.3 is 4.74 Å². The van der Waals surface area contributed by atoms with Crippen LogP contribution in [0.5, 0.6) is 0 Å². The molecule has 0 aliphatic heterocycles. The molecule has 0 fully saturated rings. The maximum atomic E-state index is 9.70. The van der Waals surface area contributed by atoms with Gasteiger partial charge in [-0.05, 0) is 0 Å². The summed E-state index contributed by atoms with van der Waals surface area (Å²) in [5.41, 5.74) is -0.903. The second kappa shape index (κ2) is 2.56. The van der Waals surface area contributed by atoms with Crippen LogP contribution in [0.4, 0.5) is 4.79 Å². The van der Waals surface area contributed by atoms with Gasteiger partial charge in [0.15, 0.2) is 0 Å². The molecule has 0 saturated carbocycles. The van der Waals surface area contributed by atoms with Crippen molar-refractivity contribution >= 4 is 17.0 Å². The normalized spacial score (nSPS) is 7.57. The molecule has 0 aromatic heterocycles. The number of hydrogen-bond acceptors (Lipinski definition) is 2. The van der Waals surface area contributed by atoms with E-state index in [4.69, 9.17) is 18.2 Å². The first-order valence-corrected chi connectivity index (χ1v) is 1.97. The third-order valence-corrected chi connectivity index (χ3v) is 0.318. The van der Waals surface area contributed by atoms with Crippen molar-refractivity contribution in [3.8, 4) is 0 Å². The molecule has 0 atom stereocenters. The van der Waals surface area contributed by atoms with Crippen LogP contribution >= 0.6 is 11.6 Å². The van der Waals surface area contributed by atoms with Crippen molar-refractivity contribution in [3.05, 3.63) is 12.3 Å². The Kier molecular flexibility index (Phi) is 2.34. The topological polar surface area (TPSA) is 26.3 Å². The van der Waals surface area contributed by atoms with E-state index in [1.165, 1.54) is 6.92 Å². The zero-order chi connectivity index (χ0) is 5.86. The number of carbonyl (C=O) groups is 1. The van der Waals surface area contributed by atoms with E-state index >= 15 is 0 Å². The Balaban J connectivity index is 3.32. The van der Waals surface area contributed by atoms with E-state index in [1.807, 2.05) is 0 Å². The minimum Gasteiger partial charge on any atom is -0.371 e. The molecule has 0 rings (SSSR count). The zero-order valence-corrected chi connectivity index (χ0v) is 4.53. The van der Waals surface area contributed by atoms with Crippen molar-refractivity contribution < 1.29 is 9.53 Å². The number of allylic oxidation sites excluding steroid dienone is 1. The summed E-state index contributed by atoms with van der Waals surface area (Å²) in [5, 5.41) is 0. The van der Waals surface area contributed by atoms with Gasteiger partial charge in [-0.3, -0.25) is 0 Å². The van der Waals surface area contributed by atoms with Gasteiger partial charge in [0, 0.05) is 18.5 Å². The highest BCUT2D eigenvalue weighted by Crippen LogP contribution is 1.93. The molecule has 0 amide bonds. The number of carbonyl (C=O) groups excluding carboxylic acids is 1. The van der Waals surface area contributed by atoms with Gasteiger partial charge >= 0.3 is 11.2 Å². The molecule has 0 spiro atoms. The summed E-state index contributed by atoms with van der Waals surface area (Å²) in [6.07, 6.45) is 0. The average Bonchev–Trinajstić information content (AvgIpc) is 1.27. The fourth-order valence-electron chi connectivity index (χ4n) is 0.127. The van der Waals surface area contributed by atoms with Crippen molar-refractivity contribution in [2.24, 2.45) is 0 Å². The molecule has 0 aromatic rings. The van der Waals surface area contributed by atoms with Crippen molar-refractivity contribution in [1.82, 2.24) is 0 Å². The van der Waals surface area contributed by atoms with Gasteiger partial charge in [0.2, 0.25) is 0 Å². The summed E-state index contributed by atoms with van der Waals surface area (Å²) in [4.78, 5) is 9.70. The summed E-state index contributed by atoms with van der Waals surface area (Å²) >= 11 is 4.71. The number of hydrogen-bond donors (Lipinski definition) is 0. The third-order valence-electron chi connectivity index (χ3n) is 0.241. The van der Waals surface area contributed by atoms with E-state index in [0.29, 0.717) is 0 Å². The smallest absolute Gasteiger partial charge is 0.371 e. The summed E-state index contributed by atoms with van der Waals surface area (Å²) in [6, 6.07) is 0.